The van der Waals surface area contributed by atoms with Crippen LogP contribution < -0.4 is 48.1 Å². The van der Waals surface area contributed by atoms with Crippen molar-refractivity contribution in [2.75, 3.05) is 135 Å². The number of aromatic nitrogens is 10. The average Bonchev–Trinajstić information content (AvgIpc) is 1.72. The van der Waals surface area contributed by atoms with Gasteiger partial charge in [0.05, 0.1) is 69.1 Å². The van der Waals surface area contributed by atoms with Gasteiger partial charge in [0, 0.05) is 119 Å². The summed E-state index contributed by atoms with van der Waals surface area (Å²) in [5.74, 6) is 3.50. The fourth-order valence-electron chi connectivity index (χ4n) is 16.4. The monoisotopic (exact) mass is 1780 g/mol. The van der Waals surface area contributed by atoms with Gasteiger partial charge in [0.15, 0.2) is 0 Å². The molecule has 11 aromatic rings. The van der Waals surface area contributed by atoms with Gasteiger partial charge < -0.3 is 24.5 Å². The highest BCUT2D eigenvalue weighted by Crippen LogP contribution is 2.36. The number of hydrogen-bond donors (Lipinski definition) is 5. The zero-order valence-electron chi connectivity index (χ0n) is 69.1. The van der Waals surface area contributed by atoms with Crippen molar-refractivity contribution in [1.29, 1.82) is 0 Å². The van der Waals surface area contributed by atoms with E-state index in [9.17, 15) is 55.3 Å². The normalized spacial score (nSPS) is 18.8. The van der Waals surface area contributed by atoms with E-state index in [-0.39, 0.29) is 46.4 Å². The number of benzene rings is 6. The summed E-state index contributed by atoms with van der Waals surface area (Å²) in [6, 6.07) is 32.3. The fraction of sp³-hybridized carbons (Fsp3) is 0.440. The molecule has 31 nitrogen and oxygen atoms in total. The highest BCUT2D eigenvalue weighted by Gasteiger charge is 2.34. The van der Waals surface area contributed by atoms with E-state index in [1.165, 1.54) is 66.5 Å². The van der Waals surface area contributed by atoms with Crippen LogP contribution in [0.4, 0.5) is 47.9 Å². The smallest absolute Gasteiger partial charge is 0.240 e. The van der Waals surface area contributed by atoms with Gasteiger partial charge in [-0.05, 0) is 180 Å². The Morgan fingerprint density at radius 3 is 1.20 bits per heavy atom. The average molecular weight is 1780 g/mol. The Labute approximate surface area is 716 Å². The number of sulfonamides is 5. The van der Waals surface area contributed by atoms with Crippen LogP contribution in [0.3, 0.4) is 0 Å². The Kier molecular flexibility index (Phi) is 29.6. The van der Waals surface area contributed by atoms with Crippen LogP contribution in [0.25, 0.3) is 59.4 Å². The summed E-state index contributed by atoms with van der Waals surface area (Å²) in [4.78, 5) is 57.0. The van der Waals surface area contributed by atoms with E-state index < -0.39 is 55.9 Å². The molecule has 0 spiro atoms. The predicted octanol–water partition coefficient (Wildman–Crippen LogP) is 10.3. The van der Waals surface area contributed by atoms with Crippen molar-refractivity contribution in [3.8, 4) is 0 Å². The number of fused-ring (bicyclic) bond motifs is 5. The van der Waals surface area contributed by atoms with Gasteiger partial charge in [0.2, 0.25) is 55.8 Å². The van der Waals surface area contributed by atoms with E-state index in [2.05, 4.69) is 131 Å². The van der Waals surface area contributed by atoms with Crippen molar-refractivity contribution in [3.05, 3.63) is 187 Å². The summed E-state index contributed by atoms with van der Waals surface area (Å²) in [6.07, 6.45) is 22.6. The number of anilines is 5. The molecule has 4 unspecified atom stereocenters. The van der Waals surface area contributed by atoms with Crippen LogP contribution in [0.2, 0.25) is 0 Å². The molecule has 17 rings (SSSR count). The quantitative estimate of drug-likeness (QED) is 0.0417. The van der Waals surface area contributed by atoms with E-state index in [0.29, 0.717) is 113 Å². The molecule has 123 heavy (non-hydrogen) atoms. The molecule has 39 heteroatoms. The Hall–Kier alpha value is -10.2. The first-order chi connectivity index (χ1) is 58.8. The summed E-state index contributed by atoms with van der Waals surface area (Å²) < 4.78 is 172. The lowest BCUT2D eigenvalue weighted by molar-refractivity contribution is 0.406. The highest BCUT2D eigenvalue weighted by atomic mass is 32.2. The van der Waals surface area contributed by atoms with E-state index in [0.717, 1.165) is 169 Å². The molecule has 5 saturated heterocycles. The van der Waals surface area contributed by atoms with Gasteiger partial charge in [-0.1, -0.05) is 60.7 Å². The minimum atomic E-state index is -3.48. The number of aryl methyl sites for hydroxylation is 2. The van der Waals surface area contributed by atoms with Gasteiger partial charge in [-0.2, -0.15) is 0 Å². The predicted molar refractivity (Wildman–Crippen MR) is 474 cm³/mol. The van der Waals surface area contributed by atoms with E-state index in [1.807, 2.05) is 28.0 Å². The summed E-state index contributed by atoms with van der Waals surface area (Å²) in [7, 11) is -16.3. The third-order valence-corrected chi connectivity index (χ3v) is 28.0. The Balaban J connectivity index is 0.000000133. The molecule has 5 N–H and O–H groups in total. The van der Waals surface area contributed by atoms with Gasteiger partial charge in [-0.3, -0.25) is 0 Å². The molecule has 10 heterocycles. The van der Waals surface area contributed by atoms with Gasteiger partial charge >= 0.3 is 0 Å². The first kappa shape index (κ1) is 90.6. The van der Waals surface area contributed by atoms with Crippen molar-refractivity contribution < 1.29 is 55.3 Å². The van der Waals surface area contributed by atoms with E-state index in [4.69, 9.17) is 6.57 Å². The number of hydrogen-bond acceptors (Lipinski definition) is 25. The van der Waals surface area contributed by atoms with Crippen LogP contribution in [-0.4, -0.2) is 214 Å². The van der Waals surface area contributed by atoms with Crippen LogP contribution in [0, 0.1) is 61.5 Å². The van der Waals surface area contributed by atoms with Crippen molar-refractivity contribution in [3.63, 3.8) is 0 Å². The maximum Gasteiger partial charge on any atom is 0.240 e. The topological polar surface area (TPSA) is 380 Å². The molecule has 654 valence electrons. The first-order valence-electron chi connectivity index (χ1n) is 41.0. The van der Waals surface area contributed by atoms with Crippen LogP contribution in [0.1, 0.15) is 88.2 Å². The minimum absolute atomic E-state index is 0.0639. The number of rotatable bonds is 21. The van der Waals surface area contributed by atoms with Crippen LogP contribution in [0.15, 0.2) is 152 Å². The second-order valence-electron chi connectivity index (χ2n) is 32.3. The third-order valence-electron chi connectivity index (χ3n) is 22.5. The zero-order chi connectivity index (χ0) is 87.2. The molecule has 0 amide bonds. The Morgan fingerprint density at radius 2 is 0.764 bits per heavy atom. The number of halogens is 3. The third kappa shape index (κ3) is 24.7. The Bertz CT molecular complexity index is 6230. The fourth-order valence-corrected chi connectivity index (χ4v) is 21.0. The lowest BCUT2D eigenvalue weighted by Crippen LogP contribution is -2.59. The Morgan fingerprint density at radius 1 is 0.382 bits per heavy atom. The van der Waals surface area contributed by atoms with Crippen molar-refractivity contribution in [2.45, 2.75) is 107 Å². The summed E-state index contributed by atoms with van der Waals surface area (Å²) >= 11 is 0. The SMILES string of the molecule is CS(=O)(=O)NC1CN(c2ncnc3ccc(F)cc23)C1.CS(=O)(=O)NCC1CCN(c2ncnc3ccc(F)cc23)C1.Cc1ccc2ncnc(N3CCCC(CNS(=O)(=O)C4CCCCC4)C3)c2c1.Cc1ccc2ncnc(N3CCCC(CNS(=O)(=O)c4ccccc4)C3)c2c1.[C-]#[N+]c1cc2ncnc(N3CCCC(CNS(C)(=O)=O)C3)c2cc1F. The second-order valence-corrected chi connectivity index (χ2v) is 41.6. The van der Waals surface area contributed by atoms with Gasteiger partial charge in [-0.25, -0.2) is 134 Å². The maximum absolute atomic E-state index is 14.0. The lowest BCUT2D eigenvalue weighted by Gasteiger charge is -2.40. The maximum atomic E-state index is 14.0. The zero-order valence-corrected chi connectivity index (χ0v) is 73.2. The molecule has 6 aromatic carbocycles. The summed E-state index contributed by atoms with van der Waals surface area (Å²) in [5, 5.41) is 3.79. The minimum Gasteiger partial charge on any atom is -0.356 e. The van der Waals surface area contributed by atoms with Crippen LogP contribution in [-0.2, 0) is 50.1 Å². The molecule has 0 radical (unpaired) electrons. The van der Waals surface area contributed by atoms with Gasteiger partial charge in [0.1, 0.15) is 78.2 Å². The molecular formula is C84H102F3N21O10S5. The molecule has 1 saturated carbocycles. The molecule has 6 aliphatic rings. The van der Waals surface area contributed by atoms with Crippen LogP contribution in [0.5, 0.6) is 0 Å². The molecule has 4 atom stereocenters. The number of piperidine rings is 3. The van der Waals surface area contributed by atoms with E-state index in [1.54, 1.807) is 49.1 Å². The standard InChI is InChI=1S/C21H30N4O2S.C21H24N4O2S.C16H18FN5O2S.C14H17FN4O2S.C12H13FN4O2S/c2*1-16-9-10-20-19(12-16)21(23-15-22-20)25-11-5-6-17(14-25)13-24-28(26,27)18-7-3-2-4-8-18;1-18-15-7-14-12(6-13(15)17)16(20-10-19-14)22-5-3-4-11(9-22)8-21-25(2,23)24;1-22(20,21)18-7-10-4-5-19(8-10)14-12-6-11(15)2-3-13(12)16-9-17-14;1-20(18,19)16-9-5-17(6-9)12-10-4-8(13)2-3-11(10)14-7-15-12/h9-10,12,15,17-18,24H,2-8,11,13-14H2,1H3;2-4,7-10,12,15,17,24H,5-6,11,13-14H2,1H3;6-7,10-11,21H,3-5,8-9H2,2H3;2-3,6,9-10,18H,4-5,7-8H2,1H3;2-4,7,9,16H,5-6H2,1H3. The molecule has 0 bridgehead atoms. The van der Waals surface area contributed by atoms with Gasteiger partial charge in [0.25, 0.3) is 0 Å². The lowest BCUT2D eigenvalue weighted by atomic mass is 9.98. The van der Waals surface area contributed by atoms with Crippen molar-refractivity contribution in [2.24, 2.45) is 23.7 Å². The van der Waals surface area contributed by atoms with Crippen molar-refractivity contribution in [1.82, 2.24) is 73.5 Å². The van der Waals surface area contributed by atoms with E-state index >= 15 is 0 Å². The van der Waals surface area contributed by atoms with Crippen LogP contribution >= 0.6 is 0 Å². The highest BCUT2D eigenvalue weighted by molar-refractivity contribution is 7.90. The van der Waals surface area contributed by atoms with Crippen molar-refractivity contribution >= 4 is 139 Å². The number of nitrogens with zero attached hydrogens (tertiary/aromatic N) is 16. The summed E-state index contributed by atoms with van der Waals surface area (Å²) in [5.41, 5.74) is 6.07. The largest absolute Gasteiger partial charge is 0.356 e. The second kappa shape index (κ2) is 40.2. The molecule has 6 fully saturated rings. The molecule has 5 aliphatic heterocycles. The summed E-state index contributed by atoms with van der Waals surface area (Å²) in [6.45, 7) is 20.2. The number of nitrogens with one attached hydrogen (secondary N) is 5. The molecular weight excluding hydrogens is 1680 g/mol. The molecule has 5 aromatic heterocycles. The first-order valence-corrected chi connectivity index (χ1v) is 49.7. The van der Waals surface area contributed by atoms with Gasteiger partial charge in [-0.15, -0.1) is 0 Å². The molecule has 1 aliphatic carbocycles.